The van der Waals surface area contributed by atoms with Crippen LogP contribution < -0.4 is 10.2 Å². The van der Waals surface area contributed by atoms with Gasteiger partial charge in [0.2, 0.25) is 5.91 Å². The quantitative estimate of drug-likeness (QED) is 0.831. The second kappa shape index (κ2) is 6.52. The lowest BCUT2D eigenvalue weighted by atomic mass is 10.1. The predicted molar refractivity (Wildman–Crippen MR) is 76.8 cm³/mol. The van der Waals surface area contributed by atoms with Gasteiger partial charge in [0.15, 0.2) is 0 Å². The minimum Gasteiger partial charge on any atom is -0.380 e. The number of ether oxygens (including phenoxy) is 1. The number of amides is 2. The number of rotatable bonds is 5. The number of hydrogen-bond donors (Lipinski definition) is 1. The summed E-state index contributed by atoms with van der Waals surface area (Å²) in [5.74, 6) is -0.318. The van der Waals surface area contributed by atoms with E-state index >= 15 is 0 Å². The summed E-state index contributed by atoms with van der Waals surface area (Å²) in [6, 6.07) is 6.63. The zero-order chi connectivity index (χ0) is 14.5. The Balaban J connectivity index is 2.24. The van der Waals surface area contributed by atoms with Gasteiger partial charge in [-0.05, 0) is 25.5 Å². The fraction of sp³-hybridized carbons (Fsp3) is 0.467. The van der Waals surface area contributed by atoms with E-state index in [1.807, 2.05) is 13.0 Å². The molecule has 0 aromatic heterocycles. The van der Waals surface area contributed by atoms with Gasteiger partial charge in [0.05, 0.1) is 17.9 Å². The minimum atomic E-state index is -0.527. The molecule has 1 heterocycles. The first-order valence-electron chi connectivity index (χ1n) is 6.94. The van der Waals surface area contributed by atoms with Gasteiger partial charge >= 0.3 is 0 Å². The largest absolute Gasteiger partial charge is 0.380 e. The molecular formula is C15H20N2O3. The van der Waals surface area contributed by atoms with Gasteiger partial charge in [-0.1, -0.05) is 19.1 Å². The molecule has 0 radical (unpaired) electrons. The monoisotopic (exact) mass is 276 g/mol. The number of benzene rings is 1. The summed E-state index contributed by atoms with van der Waals surface area (Å²) in [7, 11) is 0. The molecule has 0 spiro atoms. The third kappa shape index (κ3) is 2.99. The fourth-order valence-corrected chi connectivity index (χ4v) is 2.22. The number of fused-ring (bicyclic) bond motifs is 1. The van der Waals surface area contributed by atoms with Gasteiger partial charge in [-0.15, -0.1) is 0 Å². The highest BCUT2D eigenvalue weighted by atomic mass is 16.5. The maximum absolute atomic E-state index is 12.4. The van der Waals surface area contributed by atoms with Crippen LogP contribution in [-0.4, -0.2) is 37.6 Å². The second-order valence-corrected chi connectivity index (χ2v) is 4.81. The van der Waals surface area contributed by atoms with E-state index in [9.17, 15) is 9.59 Å². The number of hydrogen-bond acceptors (Lipinski definition) is 3. The topological polar surface area (TPSA) is 58.6 Å². The maximum Gasteiger partial charge on any atom is 0.254 e. The molecule has 1 N–H and O–H groups in total. The van der Waals surface area contributed by atoms with E-state index in [1.54, 1.807) is 30.0 Å². The molecule has 1 aromatic rings. The normalized spacial score (nSPS) is 18.5. The van der Waals surface area contributed by atoms with Crippen LogP contribution in [0.2, 0.25) is 0 Å². The van der Waals surface area contributed by atoms with Crippen molar-refractivity contribution in [2.24, 2.45) is 0 Å². The van der Waals surface area contributed by atoms with Crippen molar-refractivity contribution in [2.45, 2.75) is 26.3 Å². The van der Waals surface area contributed by atoms with Crippen LogP contribution in [0.25, 0.3) is 0 Å². The van der Waals surface area contributed by atoms with Gasteiger partial charge in [-0.25, -0.2) is 0 Å². The van der Waals surface area contributed by atoms with Gasteiger partial charge < -0.3 is 15.0 Å². The molecule has 2 amide bonds. The summed E-state index contributed by atoms with van der Waals surface area (Å²) >= 11 is 0. The molecule has 0 fully saturated rings. The summed E-state index contributed by atoms with van der Waals surface area (Å²) in [5.41, 5.74) is 1.18. The maximum atomic E-state index is 12.4. The van der Waals surface area contributed by atoms with Crippen molar-refractivity contribution >= 4 is 17.5 Å². The average Bonchev–Trinajstić information content (AvgIpc) is 2.54. The van der Waals surface area contributed by atoms with E-state index in [-0.39, 0.29) is 11.8 Å². The molecule has 1 unspecified atom stereocenters. The number of nitrogens with zero attached hydrogens (tertiary/aromatic N) is 1. The van der Waals surface area contributed by atoms with Crippen LogP contribution in [0.1, 0.15) is 30.6 Å². The Bertz CT molecular complexity index is 502. The molecule has 108 valence electrons. The molecule has 0 aliphatic carbocycles. The first kappa shape index (κ1) is 14.5. The van der Waals surface area contributed by atoms with Crippen LogP contribution in [0.5, 0.6) is 0 Å². The minimum absolute atomic E-state index is 0.108. The summed E-state index contributed by atoms with van der Waals surface area (Å²) < 4.78 is 5.45. The van der Waals surface area contributed by atoms with Gasteiger partial charge in [-0.2, -0.15) is 0 Å². The van der Waals surface area contributed by atoms with E-state index in [4.69, 9.17) is 4.74 Å². The van der Waals surface area contributed by atoms with Crippen molar-refractivity contribution in [1.29, 1.82) is 0 Å². The van der Waals surface area contributed by atoms with Gasteiger partial charge in [0.25, 0.3) is 5.91 Å². The summed E-state index contributed by atoms with van der Waals surface area (Å²) in [6.45, 7) is 5.34. The van der Waals surface area contributed by atoms with E-state index in [1.165, 1.54) is 0 Å². The number of nitrogens with one attached hydrogen (secondary N) is 1. The Hall–Kier alpha value is -1.88. The van der Waals surface area contributed by atoms with E-state index < -0.39 is 6.04 Å². The van der Waals surface area contributed by atoms with Crippen molar-refractivity contribution < 1.29 is 14.3 Å². The Morgan fingerprint density at radius 1 is 1.25 bits per heavy atom. The van der Waals surface area contributed by atoms with Crippen molar-refractivity contribution in [3.63, 3.8) is 0 Å². The molecular weight excluding hydrogens is 256 g/mol. The lowest BCUT2D eigenvalue weighted by molar-refractivity contribution is -0.120. The van der Waals surface area contributed by atoms with Gasteiger partial charge in [0.1, 0.15) is 6.04 Å². The Kier molecular flexibility index (Phi) is 4.74. The molecule has 1 aromatic carbocycles. The average molecular weight is 276 g/mol. The summed E-state index contributed by atoms with van der Waals surface area (Å²) in [4.78, 5) is 26.1. The predicted octanol–water partition coefficient (Wildman–Crippen LogP) is 1.58. The summed E-state index contributed by atoms with van der Waals surface area (Å²) in [6.07, 6.45) is 0.945. The SMILES string of the molecule is CCCOCCN1C(=O)C(C)NC(=O)c2ccccc21. The lowest BCUT2D eigenvalue weighted by Crippen LogP contribution is -2.45. The van der Waals surface area contributed by atoms with E-state index in [2.05, 4.69) is 5.32 Å². The Morgan fingerprint density at radius 2 is 2.00 bits per heavy atom. The molecule has 1 atom stereocenters. The van der Waals surface area contributed by atoms with Crippen molar-refractivity contribution in [1.82, 2.24) is 5.32 Å². The van der Waals surface area contributed by atoms with Crippen LogP contribution in [-0.2, 0) is 9.53 Å². The molecule has 1 aliphatic heterocycles. The van der Waals surface area contributed by atoms with Crippen LogP contribution in [0.3, 0.4) is 0 Å². The van der Waals surface area contributed by atoms with E-state index in [0.29, 0.717) is 31.0 Å². The van der Waals surface area contributed by atoms with Crippen LogP contribution in [0.4, 0.5) is 5.69 Å². The van der Waals surface area contributed by atoms with Gasteiger partial charge in [-0.3, -0.25) is 9.59 Å². The molecule has 2 rings (SSSR count). The highest BCUT2D eigenvalue weighted by Gasteiger charge is 2.30. The molecule has 0 saturated heterocycles. The first-order valence-corrected chi connectivity index (χ1v) is 6.94. The number of para-hydroxylation sites is 1. The fourth-order valence-electron chi connectivity index (χ4n) is 2.22. The lowest BCUT2D eigenvalue weighted by Gasteiger charge is -2.23. The number of carbonyl (C=O) groups is 2. The first-order chi connectivity index (χ1) is 9.65. The van der Waals surface area contributed by atoms with Crippen molar-refractivity contribution in [3.05, 3.63) is 29.8 Å². The number of anilines is 1. The Morgan fingerprint density at radius 3 is 2.75 bits per heavy atom. The standard InChI is InChI=1S/C15H20N2O3/c1-3-9-20-10-8-17-13-7-5-4-6-12(13)14(18)16-11(2)15(17)19/h4-7,11H,3,8-10H2,1-2H3,(H,16,18). The molecule has 5 heteroatoms. The van der Waals surface area contributed by atoms with Crippen LogP contribution in [0, 0.1) is 0 Å². The molecule has 1 aliphatic rings. The van der Waals surface area contributed by atoms with Crippen molar-refractivity contribution in [3.8, 4) is 0 Å². The van der Waals surface area contributed by atoms with Crippen LogP contribution in [0.15, 0.2) is 24.3 Å². The Labute approximate surface area is 118 Å². The smallest absolute Gasteiger partial charge is 0.254 e. The van der Waals surface area contributed by atoms with E-state index in [0.717, 1.165) is 6.42 Å². The molecule has 20 heavy (non-hydrogen) atoms. The highest BCUT2D eigenvalue weighted by molar-refractivity contribution is 6.10. The zero-order valence-corrected chi connectivity index (χ0v) is 11.9. The summed E-state index contributed by atoms with van der Waals surface area (Å²) in [5, 5.41) is 2.71. The third-order valence-corrected chi connectivity index (χ3v) is 3.23. The number of carbonyl (C=O) groups excluding carboxylic acids is 2. The molecule has 0 saturated carbocycles. The molecule has 0 bridgehead atoms. The van der Waals surface area contributed by atoms with Gasteiger partial charge in [0, 0.05) is 13.2 Å². The van der Waals surface area contributed by atoms with Crippen LogP contribution >= 0.6 is 0 Å². The highest BCUT2D eigenvalue weighted by Crippen LogP contribution is 2.23. The molecule has 5 nitrogen and oxygen atoms in total. The second-order valence-electron chi connectivity index (χ2n) is 4.81. The zero-order valence-electron chi connectivity index (χ0n) is 11.9. The van der Waals surface area contributed by atoms with Crippen molar-refractivity contribution in [2.75, 3.05) is 24.7 Å². The third-order valence-electron chi connectivity index (χ3n) is 3.23.